The molecule has 3 unspecified atom stereocenters. The number of nitrogens with one attached hydrogen (secondary N) is 2. The van der Waals surface area contributed by atoms with Gasteiger partial charge in [-0.05, 0) is 37.1 Å². The molecule has 0 radical (unpaired) electrons. The van der Waals surface area contributed by atoms with Gasteiger partial charge >= 0.3 is 12.2 Å². The maximum Gasteiger partial charge on any atom is 0.421 e. The van der Waals surface area contributed by atoms with Crippen LogP contribution < -0.4 is 15.4 Å². The van der Waals surface area contributed by atoms with E-state index in [4.69, 9.17) is 32.7 Å². The maximum atomic E-state index is 14.0. The molecular weight excluding hydrogens is 501 g/mol. The summed E-state index contributed by atoms with van der Waals surface area (Å²) in [5, 5.41) is 5.12. The number of halogens is 6. The smallest absolute Gasteiger partial charge is 0.421 e. The van der Waals surface area contributed by atoms with E-state index in [1.54, 1.807) is 0 Å². The van der Waals surface area contributed by atoms with Gasteiger partial charge in [0.15, 0.2) is 5.60 Å². The van der Waals surface area contributed by atoms with Gasteiger partial charge in [-0.1, -0.05) is 41.4 Å². The lowest BCUT2D eigenvalue weighted by atomic mass is 9.85. The van der Waals surface area contributed by atoms with Crippen LogP contribution in [0.1, 0.15) is 24.8 Å². The van der Waals surface area contributed by atoms with Crippen LogP contribution >= 0.6 is 23.2 Å². The third-order valence-electron chi connectivity index (χ3n) is 5.54. The fourth-order valence-corrected chi connectivity index (χ4v) is 4.14. The number of nitrogens with zero attached hydrogens (tertiary/aromatic N) is 1. The van der Waals surface area contributed by atoms with Crippen LogP contribution in [-0.2, 0) is 10.3 Å². The number of rotatable bonds is 4. The molecule has 0 aliphatic carbocycles. The fourth-order valence-electron chi connectivity index (χ4n) is 3.76. The van der Waals surface area contributed by atoms with E-state index in [0.717, 1.165) is 6.07 Å². The van der Waals surface area contributed by atoms with E-state index >= 15 is 0 Å². The van der Waals surface area contributed by atoms with Crippen LogP contribution in [0, 0.1) is 5.82 Å². The van der Waals surface area contributed by atoms with Crippen LogP contribution in [0.25, 0.3) is 0 Å². The SMILES string of the molecule is O=C(Nc1ccc(Cl)cc1F)NC1CCC(Cl)N=C1Oc1ccccc1C1(C(F)(F)F)CCO1. The van der Waals surface area contributed by atoms with Gasteiger partial charge in [0.2, 0.25) is 5.90 Å². The summed E-state index contributed by atoms with van der Waals surface area (Å²) < 4.78 is 66.3. The second-order valence-corrected chi connectivity index (χ2v) is 8.72. The quantitative estimate of drug-likeness (QED) is 0.296. The van der Waals surface area contributed by atoms with E-state index in [2.05, 4.69) is 15.6 Å². The first-order valence-corrected chi connectivity index (χ1v) is 11.1. The number of hydrogen-bond donors (Lipinski definition) is 2. The van der Waals surface area contributed by atoms with Gasteiger partial charge in [0.05, 0.1) is 12.3 Å². The minimum atomic E-state index is -4.66. The number of carbonyl (C=O) groups excluding carboxylic acids is 1. The molecular formula is C22H19Cl2F4N3O3. The summed E-state index contributed by atoms with van der Waals surface area (Å²) in [5.41, 5.74) is -3.47. The molecule has 2 aliphatic rings. The molecule has 2 aromatic rings. The topological polar surface area (TPSA) is 72.0 Å². The zero-order valence-corrected chi connectivity index (χ0v) is 19.0. The predicted octanol–water partition coefficient (Wildman–Crippen LogP) is 5.98. The molecule has 0 bridgehead atoms. The minimum absolute atomic E-state index is 0.0375. The zero-order chi connectivity index (χ0) is 24.5. The Labute approximate surface area is 202 Å². The molecule has 2 aliphatic heterocycles. The number of anilines is 1. The van der Waals surface area contributed by atoms with Gasteiger partial charge in [-0.3, -0.25) is 0 Å². The Morgan fingerprint density at radius 3 is 2.59 bits per heavy atom. The average molecular weight is 520 g/mol. The van der Waals surface area contributed by atoms with Crippen molar-refractivity contribution in [3.8, 4) is 5.75 Å². The van der Waals surface area contributed by atoms with Crippen LogP contribution in [0.2, 0.25) is 5.02 Å². The predicted molar refractivity (Wildman–Crippen MR) is 119 cm³/mol. The van der Waals surface area contributed by atoms with Crippen LogP contribution in [0.4, 0.5) is 28.0 Å². The number of para-hydroxylation sites is 1. The average Bonchev–Trinajstić information content (AvgIpc) is 2.71. The van der Waals surface area contributed by atoms with Crippen molar-refractivity contribution in [1.29, 1.82) is 0 Å². The Bertz CT molecular complexity index is 1110. The summed E-state index contributed by atoms with van der Waals surface area (Å²) in [5.74, 6) is -0.911. The van der Waals surface area contributed by atoms with Crippen molar-refractivity contribution in [2.24, 2.45) is 4.99 Å². The monoisotopic (exact) mass is 519 g/mol. The molecule has 3 atom stereocenters. The van der Waals surface area contributed by atoms with Gasteiger partial charge in [-0.25, -0.2) is 14.2 Å². The lowest BCUT2D eigenvalue weighted by Gasteiger charge is -2.43. The van der Waals surface area contributed by atoms with Crippen molar-refractivity contribution < 1.29 is 31.8 Å². The van der Waals surface area contributed by atoms with Gasteiger partial charge in [-0.15, -0.1) is 0 Å². The highest BCUT2D eigenvalue weighted by Crippen LogP contribution is 2.52. The van der Waals surface area contributed by atoms with Crippen molar-refractivity contribution in [2.75, 3.05) is 11.9 Å². The van der Waals surface area contributed by atoms with E-state index in [0.29, 0.717) is 12.8 Å². The van der Waals surface area contributed by atoms with Gasteiger partial charge in [0.25, 0.3) is 0 Å². The molecule has 2 amide bonds. The third-order valence-corrected chi connectivity index (χ3v) is 6.09. The number of benzene rings is 2. The van der Waals surface area contributed by atoms with E-state index < -0.39 is 35.2 Å². The molecule has 2 heterocycles. The van der Waals surface area contributed by atoms with E-state index in [1.807, 2.05) is 0 Å². The minimum Gasteiger partial charge on any atom is -0.441 e. The Hall–Kier alpha value is -2.56. The number of alkyl halides is 4. The highest BCUT2D eigenvalue weighted by atomic mass is 35.5. The first kappa shape index (κ1) is 24.6. The molecule has 34 heavy (non-hydrogen) atoms. The van der Waals surface area contributed by atoms with Gasteiger partial charge in [0.1, 0.15) is 23.1 Å². The van der Waals surface area contributed by atoms with E-state index in [1.165, 1.54) is 36.4 Å². The molecule has 12 heteroatoms. The Morgan fingerprint density at radius 1 is 1.21 bits per heavy atom. The summed E-state index contributed by atoms with van der Waals surface area (Å²) in [6.07, 6.45) is -4.23. The van der Waals surface area contributed by atoms with Crippen molar-refractivity contribution in [3.05, 3.63) is 58.9 Å². The number of aliphatic imine (C=N–C) groups is 1. The first-order valence-electron chi connectivity index (χ1n) is 10.3. The fraction of sp³-hybridized carbons (Fsp3) is 0.364. The molecule has 4 rings (SSSR count). The highest BCUT2D eigenvalue weighted by molar-refractivity contribution is 6.30. The largest absolute Gasteiger partial charge is 0.441 e. The number of amides is 2. The summed E-state index contributed by atoms with van der Waals surface area (Å²) in [7, 11) is 0. The zero-order valence-electron chi connectivity index (χ0n) is 17.5. The molecule has 182 valence electrons. The standard InChI is InChI=1S/C22H19Cl2F4N3O3/c23-12-5-6-15(14(25)11-12)29-20(32)30-16-7-8-18(24)31-19(16)34-17-4-2-1-3-13(17)21(9-10-33-21)22(26,27)28/h1-6,11,16,18H,7-10H2,(H2,29,30,32). The van der Waals surface area contributed by atoms with Crippen molar-refractivity contribution in [2.45, 2.75) is 42.6 Å². The summed E-state index contributed by atoms with van der Waals surface area (Å²) >= 11 is 11.8. The van der Waals surface area contributed by atoms with E-state index in [9.17, 15) is 22.4 Å². The maximum absolute atomic E-state index is 14.0. The Morgan fingerprint density at radius 2 is 1.94 bits per heavy atom. The third kappa shape index (κ3) is 4.94. The van der Waals surface area contributed by atoms with Gasteiger partial charge < -0.3 is 20.1 Å². The van der Waals surface area contributed by atoms with Crippen LogP contribution in [0.5, 0.6) is 5.75 Å². The highest BCUT2D eigenvalue weighted by Gasteiger charge is 2.62. The molecule has 1 saturated heterocycles. The number of urea groups is 1. The Balaban J connectivity index is 1.55. The summed E-state index contributed by atoms with van der Waals surface area (Å²) in [6, 6.07) is 7.78. The summed E-state index contributed by atoms with van der Waals surface area (Å²) in [4.78, 5) is 16.7. The molecule has 0 saturated carbocycles. The second-order valence-electron chi connectivity index (χ2n) is 7.78. The van der Waals surface area contributed by atoms with Crippen molar-refractivity contribution in [3.63, 3.8) is 0 Å². The number of hydrogen-bond acceptors (Lipinski definition) is 4. The first-order chi connectivity index (χ1) is 16.1. The lowest BCUT2D eigenvalue weighted by Crippen LogP contribution is -2.53. The molecule has 1 fully saturated rings. The Kier molecular flexibility index (Phi) is 6.93. The van der Waals surface area contributed by atoms with Crippen molar-refractivity contribution >= 4 is 40.8 Å². The lowest BCUT2D eigenvalue weighted by molar-refractivity contribution is -0.333. The second kappa shape index (κ2) is 9.59. The molecule has 2 aromatic carbocycles. The van der Waals surface area contributed by atoms with Crippen LogP contribution in [-0.4, -0.2) is 36.3 Å². The number of ether oxygens (including phenoxy) is 2. The van der Waals surface area contributed by atoms with Gasteiger partial charge in [0, 0.05) is 17.0 Å². The number of carbonyl (C=O) groups is 1. The molecule has 0 spiro atoms. The molecule has 6 nitrogen and oxygen atoms in total. The normalized spacial score (nSPS) is 24.6. The van der Waals surface area contributed by atoms with E-state index in [-0.39, 0.29) is 40.9 Å². The van der Waals surface area contributed by atoms with Crippen molar-refractivity contribution in [1.82, 2.24) is 5.32 Å². The van der Waals surface area contributed by atoms with Gasteiger partial charge in [-0.2, -0.15) is 13.2 Å². The van der Waals surface area contributed by atoms with Crippen LogP contribution in [0.15, 0.2) is 47.5 Å². The molecule has 0 aromatic heterocycles. The molecule has 2 N–H and O–H groups in total. The van der Waals surface area contributed by atoms with Crippen LogP contribution in [0.3, 0.4) is 0 Å². The summed E-state index contributed by atoms with van der Waals surface area (Å²) in [6.45, 7) is -0.0375.